The Labute approximate surface area is 113 Å². The van der Waals surface area contributed by atoms with Crippen LogP contribution in [-0.4, -0.2) is 18.1 Å². The Morgan fingerprint density at radius 1 is 1.16 bits per heavy atom. The highest BCUT2D eigenvalue weighted by Crippen LogP contribution is 2.15. The van der Waals surface area contributed by atoms with E-state index in [1.807, 2.05) is 30.3 Å². The second kappa shape index (κ2) is 6.20. The Bertz CT molecular complexity index is 542. The Hall–Kier alpha value is -2.07. The summed E-state index contributed by atoms with van der Waals surface area (Å²) < 4.78 is 5.20. The van der Waals surface area contributed by atoms with Crippen LogP contribution in [0.4, 0.5) is 5.82 Å². The summed E-state index contributed by atoms with van der Waals surface area (Å²) in [6, 6.07) is 11.8. The smallest absolute Gasteiger partial charge is 0.123 e. The minimum absolute atomic E-state index is 0.0499. The summed E-state index contributed by atoms with van der Waals surface area (Å²) >= 11 is 0. The first-order chi connectivity index (χ1) is 9.17. The molecular formula is C15H19N3O. The fourth-order valence-electron chi connectivity index (χ4n) is 2.10. The van der Waals surface area contributed by atoms with Crippen LogP contribution in [-0.2, 0) is 12.8 Å². The molecule has 0 fully saturated rings. The molecule has 1 atom stereocenters. The molecule has 1 aromatic heterocycles. The van der Waals surface area contributed by atoms with Gasteiger partial charge in [0.15, 0.2) is 0 Å². The largest absolute Gasteiger partial charge is 0.497 e. The van der Waals surface area contributed by atoms with Crippen LogP contribution in [0.1, 0.15) is 11.1 Å². The first-order valence-electron chi connectivity index (χ1n) is 6.26. The molecule has 1 heterocycles. The molecule has 0 aliphatic heterocycles. The maximum absolute atomic E-state index is 6.18. The highest BCUT2D eigenvalue weighted by Gasteiger charge is 2.07. The van der Waals surface area contributed by atoms with Crippen molar-refractivity contribution in [1.29, 1.82) is 0 Å². The average molecular weight is 257 g/mol. The number of hydrogen-bond acceptors (Lipinski definition) is 4. The van der Waals surface area contributed by atoms with E-state index in [0.717, 1.165) is 24.2 Å². The zero-order valence-corrected chi connectivity index (χ0v) is 11.0. The molecule has 4 nitrogen and oxygen atoms in total. The van der Waals surface area contributed by atoms with Crippen LogP contribution < -0.4 is 16.2 Å². The van der Waals surface area contributed by atoms with Crippen molar-refractivity contribution in [1.82, 2.24) is 4.98 Å². The SMILES string of the molecule is COc1cccc(CC(N)Cc2ccnc(N)c2)c1. The molecular weight excluding hydrogens is 238 g/mol. The van der Waals surface area contributed by atoms with Crippen LogP contribution in [0, 0.1) is 0 Å². The van der Waals surface area contributed by atoms with Gasteiger partial charge >= 0.3 is 0 Å². The van der Waals surface area contributed by atoms with E-state index in [-0.39, 0.29) is 6.04 Å². The Morgan fingerprint density at radius 3 is 2.58 bits per heavy atom. The van der Waals surface area contributed by atoms with Gasteiger partial charge in [-0.2, -0.15) is 0 Å². The van der Waals surface area contributed by atoms with Crippen molar-refractivity contribution in [2.45, 2.75) is 18.9 Å². The van der Waals surface area contributed by atoms with Gasteiger partial charge in [-0.1, -0.05) is 12.1 Å². The number of nitrogens with two attached hydrogens (primary N) is 2. The van der Waals surface area contributed by atoms with Gasteiger partial charge in [0, 0.05) is 12.2 Å². The molecule has 0 spiro atoms. The number of nitrogens with zero attached hydrogens (tertiary/aromatic N) is 1. The van der Waals surface area contributed by atoms with Crippen molar-refractivity contribution < 1.29 is 4.74 Å². The number of hydrogen-bond donors (Lipinski definition) is 2. The van der Waals surface area contributed by atoms with Crippen molar-refractivity contribution in [3.8, 4) is 5.75 Å². The van der Waals surface area contributed by atoms with Gasteiger partial charge < -0.3 is 16.2 Å². The first-order valence-corrected chi connectivity index (χ1v) is 6.26. The molecule has 0 aliphatic rings. The second-order valence-electron chi connectivity index (χ2n) is 4.61. The van der Waals surface area contributed by atoms with Crippen molar-refractivity contribution in [3.05, 3.63) is 53.7 Å². The zero-order chi connectivity index (χ0) is 13.7. The lowest BCUT2D eigenvalue weighted by molar-refractivity contribution is 0.414. The molecule has 0 saturated heterocycles. The summed E-state index contributed by atoms with van der Waals surface area (Å²) in [5.74, 6) is 1.39. The normalized spacial score (nSPS) is 12.1. The number of anilines is 1. The summed E-state index contributed by atoms with van der Waals surface area (Å²) in [7, 11) is 1.67. The summed E-state index contributed by atoms with van der Waals surface area (Å²) in [5.41, 5.74) is 14.1. The summed E-state index contributed by atoms with van der Waals surface area (Å²) in [4.78, 5) is 3.97. The van der Waals surface area contributed by atoms with E-state index in [4.69, 9.17) is 16.2 Å². The number of rotatable bonds is 5. The standard InChI is InChI=1S/C15H19N3O/c1-19-14-4-2-3-11(9-14)7-13(16)8-12-5-6-18-15(17)10-12/h2-6,9-10,13H,7-8,16H2,1H3,(H2,17,18). The van der Waals surface area contributed by atoms with Gasteiger partial charge in [0.1, 0.15) is 11.6 Å². The molecule has 1 aromatic carbocycles. The van der Waals surface area contributed by atoms with Crippen molar-refractivity contribution in [2.24, 2.45) is 5.73 Å². The van der Waals surface area contributed by atoms with E-state index in [2.05, 4.69) is 11.1 Å². The molecule has 0 amide bonds. The van der Waals surface area contributed by atoms with Crippen molar-refractivity contribution in [3.63, 3.8) is 0 Å². The van der Waals surface area contributed by atoms with E-state index < -0.39 is 0 Å². The summed E-state index contributed by atoms with van der Waals surface area (Å²) in [6.45, 7) is 0. The third kappa shape index (κ3) is 3.96. The third-order valence-electron chi connectivity index (χ3n) is 2.98. The quantitative estimate of drug-likeness (QED) is 0.856. The second-order valence-corrected chi connectivity index (χ2v) is 4.61. The number of aromatic nitrogens is 1. The van der Waals surface area contributed by atoms with Crippen LogP contribution in [0.2, 0.25) is 0 Å². The Balaban J connectivity index is 1.98. The van der Waals surface area contributed by atoms with Crippen LogP contribution in [0.25, 0.3) is 0 Å². The maximum atomic E-state index is 6.18. The molecule has 19 heavy (non-hydrogen) atoms. The number of methoxy groups -OCH3 is 1. The fraction of sp³-hybridized carbons (Fsp3) is 0.267. The average Bonchev–Trinajstić information content (AvgIpc) is 2.38. The lowest BCUT2D eigenvalue weighted by atomic mass is 10.00. The molecule has 4 heteroatoms. The summed E-state index contributed by atoms with van der Waals surface area (Å²) in [6.07, 6.45) is 3.30. The highest BCUT2D eigenvalue weighted by atomic mass is 16.5. The maximum Gasteiger partial charge on any atom is 0.123 e. The van der Waals surface area contributed by atoms with Gasteiger partial charge in [-0.05, 0) is 48.2 Å². The lowest BCUT2D eigenvalue weighted by Crippen LogP contribution is -2.25. The van der Waals surface area contributed by atoms with Gasteiger partial charge in [0.05, 0.1) is 7.11 Å². The number of nitrogen functional groups attached to an aromatic ring is 1. The molecule has 4 N–H and O–H groups in total. The summed E-state index contributed by atoms with van der Waals surface area (Å²) in [5, 5.41) is 0. The van der Waals surface area contributed by atoms with Gasteiger partial charge in [-0.25, -0.2) is 4.98 Å². The minimum Gasteiger partial charge on any atom is -0.497 e. The van der Waals surface area contributed by atoms with Crippen molar-refractivity contribution in [2.75, 3.05) is 12.8 Å². The topological polar surface area (TPSA) is 74.2 Å². The van der Waals surface area contributed by atoms with Crippen LogP contribution in [0.15, 0.2) is 42.6 Å². The monoisotopic (exact) mass is 257 g/mol. The van der Waals surface area contributed by atoms with Crippen LogP contribution in [0.3, 0.4) is 0 Å². The van der Waals surface area contributed by atoms with Crippen molar-refractivity contribution >= 4 is 5.82 Å². The Morgan fingerprint density at radius 2 is 1.89 bits per heavy atom. The van der Waals surface area contributed by atoms with Crippen LogP contribution in [0.5, 0.6) is 5.75 Å². The number of ether oxygens (including phenoxy) is 1. The molecule has 2 aromatic rings. The first kappa shape index (κ1) is 13.4. The van der Waals surface area contributed by atoms with Gasteiger partial charge in [-0.15, -0.1) is 0 Å². The molecule has 0 bridgehead atoms. The van der Waals surface area contributed by atoms with Gasteiger partial charge in [0.2, 0.25) is 0 Å². The minimum atomic E-state index is 0.0499. The molecule has 1 unspecified atom stereocenters. The lowest BCUT2D eigenvalue weighted by Gasteiger charge is -2.12. The number of benzene rings is 1. The third-order valence-corrected chi connectivity index (χ3v) is 2.98. The molecule has 0 aliphatic carbocycles. The van der Waals surface area contributed by atoms with Crippen LogP contribution >= 0.6 is 0 Å². The molecule has 0 radical (unpaired) electrons. The zero-order valence-electron chi connectivity index (χ0n) is 11.0. The van der Waals surface area contributed by atoms with E-state index in [1.165, 1.54) is 5.56 Å². The fourth-order valence-corrected chi connectivity index (χ4v) is 2.10. The molecule has 0 saturated carbocycles. The number of pyridine rings is 1. The van der Waals surface area contributed by atoms with E-state index >= 15 is 0 Å². The predicted octanol–water partition coefficient (Wildman–Crippen LogP) is 1.78. The Kier molecular flexibility index (Phi) is 4.36. The highest BCUT2D eigenvalue weighted by molar-refractivity contribution is 5.33. The van der Waals surface area contributed by atoms with Gasteiger partial charge in [0.25, 0.3) is 0 Å². The van der Waals surface area contributed by atoms with E-state index in [1.54, 1.807) is 13.3 Å². The molecule has 100 valence electrons. The van der Waals surface area contributed by atoms with E-state index in [0.29, 0.717) is 5.82 Å². The molecule has 2 rings (SSSR count). The predicted molar refractivity (Wildman–Crippen MR) is 77.0 cm³/mol. The van der Waals surface area contributed by atoms with E-state index in [9.17, 15) is 0 Å². The van der Waals surface area contributed by atoms with Gasteiger partial charge in [-0.3, -0.25) is 0 Å².